The van der Waals surface area contributed by atoms with Gasteiger partial charge in [-0.15, -0.1) is 16.7 Å². The fourth-order valence-electron chi connectivity index (χ4n) is 1.04. The summed E-state index contributed by atoms with van der Waals surface area (Å²) in [6.45, 7) is 4.29. The molecule has 1 aromatic rings. The van der Waals surface area contributed by atoms with Gasteiger partial charge in [0.1, 0.15) is 5.69 Å². The summed E-state index contributed by atoms with van der Waals surface area (Å²) >= 11 is 6.10. The number of alkyl halides is 1. The van der Waals surface area contributed by atoms with Crippen molar-refractivity contribution in [3.63, 3.8) is 0 Å². The second kappa shape index (κ2) is 3.90. The summed E-state index contributed by atoms with van der Waals surface area (Å²) in [6.07, 6.45) is 2.81. The molecule has 0 spiro atoms. The lowest BCUT2D eigenvalue weighted by Crippen LogP contribution is -1.96. The lowest BCUT2D eigenvalue weighted by molar-refractivity contribution is 0.568. The van der Waals surface area contributed by atoms with E-state index in [1.54, 1.807) is 4.68 Å². The first-order chi connectivity index (χ1) is 5.59. The fourth-order valence-corrected chi connectivity index (χ4v) is 1.50. The van der Waals surface area contributed by atoms with Crippen molar-refractivity contribution in [1.29, 1.82) is 0 Å². The van der Waals surface area contributed by atoms with E-state index in [1.807, 2.05) is 13.2 Å². The maximum absolute atomic E-state index is 6.10. The summed E-state index contributed by atoms with van der Waals surface area (Å²) in [6, 6.07) is 0. The summed E-state index contributed by atoms with van der Waals surface area (Å²) in [5.74, 6) is 0.592. The number of aromatic nitrogens is 3. The minimum absolute atomic E-state index is 0.00120. The van der Waals surface area contributed by atoms with Gasteiger partial charge in [0.25, 0.3) is 0 Å². The number of hydrogen-bond donors (Lipinski definition) is 0. The van der Waals surface area contributed by atoms with Gasteiger partial charge in [0.2, 0.25) is 0 Å². The van der Waals surface area contributed by atoms with Gasteiger partial charge in [0.15, 0.2) is 0 Å². The summed E-state index contributed by atoms with van der Waals surface area (Å²) in [5.41, 5.74) is 0.868. The Morgan fingerprint density at radius 3 is 2.67 bits per heavy atom. The van der Waals surface area contributed by atoms with Gasteiger partial charge in [-0.25, -0.2) is 0 Å². The third-order valence-corrected chi connectivity index (χ3v) is 2.02. The molecule has 4 heteroatoms. The summed E-state index contributed by atoms with van der Waals surface area (Å²) in [4.78, 5) is 0. The third-order valence-electron chi connectivity index (χ3n) is 1.62. The Kier molecular flexibility index (Phi) is 3.09. The van der Waals surface area contributed by atoms with Crippen LogP contribution < -0.4 is 0 Å². The average molecular weight is 188 g/mol. The molecule has 0 fully saturated rings. The molecule has 0 radical (unpaired) electrons. The Morgan fingerprint density at radius 2 is 2.25 bits per heavy atom. The van der Waals surface area contributed by atoms with Crippen LogP contribution >= 0.6 is 11.6 Å². The van der Waals surface area contributed by atoms with Crippen LogP contribution in [0.3, 0.4) is 0 Å². The summed E-state index contributed by atoms with van der Waals surface area (Å²) in [5, 5.41) is 7.78. The van der Waals surface area contributed by atoms with Crippen molar-refractivity contribution in [3.05, 3.63) is 11.9 Å². The van der Waals surface area contributed by atoms with Gasteiger partial charge < -0.3 is 0 Å². The van der Waals surface area contributed by atoms with Crippen molar-refractivity contribution in [1.82, 2.24) is 15.0 Å². The van der Waals surface area contributed by atoms with Crippen LogP contribution in [0.2, 0.25) is 0 Å². The quantitative estimate of drug-likeness (QED) is 0.679. The first-order valence-electron chi connectivity index (χ1n) is 4.10. The van der Waals surface area contributed by atoms with Gasteiger partial charge in [0.05, 0.1) is 5.38 Å². The maximum atomic E-state index is 6.10. The molecule has 0 saturated heterocycles. The molecule has 0 aliphatic carbocycles. The minimum Gasteiger partial charge on any atom is -0.255 e. The zero-order valence-corrected chi connectivity index (χ0v) is 8.41. The highest BCUT2D eigenvalue weighted by molar-refractivity contribution is 6.20. The Morgan fingerprint density at radius 1 is 1.58 bits per heavy atom. The zero-order chi connectivity index (χ0) is 9.14. The second-order valence-electron chi connectivity index (χ2n) is 3.41. The van der Waals surface area contributed by atoms with Crippen LogP contribution in [-0.4, -0.2) is 15.0 Å². The molecular formula is C8H14ClN3. The summed E-state index contributed by atoms with van der Waals surface area (Å²) < 4.78 is 1.67. The van der Waals surface area contributed by atoms with E-state index in [2.05, 4.69) is 24.2 Å². The standard InChI is InChI=1S/C8H14ClN3/c1-6(2)4-7(9)8-5-12(3)11-10-8/h5-7H,4H2,1-3H3. The summed E-state index contributed by atoms with van der Waals surface area (Å²) in [7, 11) is 1.84. The van der Waals surface area contributed by atoms with Gasteiger partial charge in [-0.2, -0.15) is 0 Å². The van der Waals surface area contributed by atoms with Gasteiger partial charge in [-0.3, -0.25) is 4.68 Å². The second-order valence-corrected chi connectivity index (χ2v) is 3.94. The first-order valence-corrected chi connectivity index (χ1v) is 4.53. The molecule has 1 heterocycles. The molecular weight excluding hydrogens is 174 g/mol. The molecule has 0 N–H and O–H groups in total. The van der Waals surface area contributed by atoms with Crippen molar-refractivity contribution in [3.8, 4) is 0 Å². The van der Waals surface area contributed by atoms with E-state index in [-0.39, 0.29) is 5.38 Å². The molecule has 1 aromatic heterocycles. The zero-order valence-electron chi connectivity index (χ0n) is 7.66. The number of aryl methyl sites for hydroxylation is 1. The Hall–Kier alpha value is -0.570. The third kappa shape index (κ3) is 2.48. The highest BCUT2D eigenvalue weighted by Crippen LogP contribution is 2.25. The van der Waals surface area contributed by atoms with Gasteiger partial charge in [0, 0.05) is 13.2 Å². The molecule has 68 valence electrons. The molecule has 1 atom stereocenters. The molecule has 0 bridgehead atoms. The van der Waals surface area contributed by atoms with Gasteiger partial charge >= 0.3 is 0 Å². The molecule has 12 heavy (non-hydrogen) atoms. The van der Waals surface area contributed by atoms with E-state index >= 15 is 0 Å². The van der Waals surface area contributed by atoms with Crippen molar-refractivity contribution in [2.75, 3.05) is 0 Å². The van der Waals surface area contributed by atoms with Crippen LogP contribution in [0.25, 0.3) is 0 Å². The predicted molar refractivity (Wildman–Crippen MR) is 49.1 cm³/mol. The van der Waals surface area contributed by atoms with Crippen LogP contribution in [0.1, 0.15) is 31.3 Å². The van der Waals surface area contributed by atoms with E-state index < -0.39 is 0 Å². The van der Waals surface area contributed by atoms with Crippen LogP contribution in [0, 0.1) is 5.92 Å². The highest BCUT2D eigenvalue weighted by atomic mass is 35.5. The molecule has 1 unspecified atom stereocenters. The highest BCUT2D eigenvalue weighted by Gasteiger charge is 2.12. The van der Waals surface area contributed by atoms with Crippen molar-refractivity contribution >= 4 is 11.6 Å². The van der Waals surface area contributed by atoms with Crippen molar-refractivity contribution < 1.29 is 0 Å². The smallest absolute Gasteiger partial charge is 0.101 e. The topological polar surface area (TPSA) is 30.7 Å². The van der Waals surface area contributed by atoms with Crippen LogP contribution in [0.4, 0.5) is 0 Å². The molecule has 0 amide bonds. The van der Waals surface area contributed by atoms with E-state index in [0.29, 0.717) is 5.92 Å². The Bertz CT molecular complexity index is 244. The van der Waals surface area contributed by atoms with Crippen LogP contribution in [0.15, 0.2) is 6.20 Å². The molecule has 0 aliphatic rings. The van der Waals surface area contributed by atoms with Gasteiger partial charge in [-0.05, 0) is 12.3 Å². The Labute approximate surface area is 77.7 Å². The monoisotopic (exact) mass is 187 g/mol. The maximum Gasteiger partial charge on any atom is 0.101 e. The lowest BCUT2D eigenvalue weighted by Gasteiger charge is -2.07. The number of rotatable bonds is 3. The largest absolute Gasteiger partial charge is 0.255 e. The number of nitrogens with zero attached hydrogens (tertiary/aromatic N) is 3. The SMILES string of the molecule is CC(C)CC(Cl)c1cn(C)nn1. The van der Waals surface area contributed by atoms with Gasteiger partial charge in [-0.1, -0.05) is 19.1 Å². The van der Waals surface area contributed by atoms with Crippen molar-refractivity contribution in [2.45, 2.75) is 25.6 Å². The first kappa shape index (κ1) is 9.52. The van der Waals surface area contributed by atoms with E-state index in [4.69, 9.17) is 11.6 Å². The predicted octanol–water partition coefficient (Wildman–Crippen LogP) is 2.14. The molecule has 0 aliphatic heterocycles. The van der Waals surface area contributed by atoms with E-state index in [9.17, 15) is 0 Å². The lowest BCUT2D eigenvalue weighted by atomic mass is 10.1. The van der Waals surface area contributed by atoms with E-state index in [0.717, 1.165) is 12.1 Å². The molecule has 3 nitrogen and oxygen atoms in total. The van der Waals surface area contributed by atoms with Crippen LogP contribution in [0.5, 0.6) is 0 Å². The normalized spacial score (nSPS) is 13.8. The van der Waals surface area contributed by atoms with Crippen molar-refractivity contribution in [2.24, 2.45) is 13.0 Å². The number of hydrogen-bond acceptors (Lipinski definition) is 2. The minimum atomic E-state index is -0.00120. The fraction of sp³-hybridized carbons (Fsp3) is 0.750. The molecule has 0 saturated carbocycles. The number of halogens is 1. The molecule has 0 aromatic carbocycles. The van der Waals surface area contributed by atoms with E-state index in [1.165, 1.54) is 0 Å². The van der Waals surface area contributed by atoms with Crippen LogP contribution in [-0.2, 0) is 7.05 Å². The molecule has 1 rings (SSSR count). The Balaban J connectivity index is 2.58. The average Bonchev–Trinajstić information content (AvgIpc) is 2.34.